The summed E-state index contributed by atoms with van der Waals surface area (Å²) in [6, 6.07) is 2.14. The lowest BCUT2D eigenvalue weighted by atomic mass is 10.3. The van der Waals surface area contributed by atoms with Crippen molar-refractivity contribution in [2.24, 2.45) is 4.99 Å². The Bertz CT molecular complexity index is 649. The Kier molecular flexibility index (Phi) is 8.37. The molecular weight excluding hydrogens is 467 g/mol. The molecule has 0 spiro atoms. The second kappa shape index (κ2) is 10.3. The van der Waals surface area contributed by atoms with Crippen molar-refractivity contribution >= 4 is 57.9 Å². The zero-order valence-electron chi connectivity index (χ0n) is 14.6. The molecule has 25 heavy (non-hydrogen) atoms. The molecule has 1 fully saturated rings. The highest BCUT2D eigenvalue weighted by Crippen LogP contribution is 2.19. The predicted octanol–water partition coefficient (Wildman–Crippen LogP) is 3.07. The minimum Gasteiger partial charge on any atom is -0.357 e. The van der Waals surface area contributed by atoms with E-state index in [1.54, 1.807) is 11.3 Å². The molecule has 3 heterocycles. The van der Waals surface area contributed by atoms with Crippen molar-refractivity contribution < 1.29 is 0 Å². The summed E-state index contributed by atoms with van der Waals surface area (Å²) >= 11 is 3.23. The van der Waals surface area contributed by atoms with Gasteiger partial charge in [0.05, 0.1) is 6.54 Å². The summed E-state index contributed by atoms with van der Waals surface area (Å²) < 4.78 is 4.39. The van der Waals surface area contributed by atoms with Gasteiger partial charge in [-0.2, -0.15) is 15.7 Å². The van der Waals surface area contributed by atoms with Crippen LogP contribution in [0.5, 0.6) is 0 Å². The van der Waals surface area contributed by atoms with E-state index in [1.165, 1.54) is 17.1 Å². The molecule has 0 atom stereocenters. The Morgan fingerprint density at radius 3 is 2.68 bits per heavy atom. The van der Waals surface area contributed by atoms with Crippen LogP contribution in [0, 0.1) is 0 Å². The molecule has 3 rings (SSSR count). The third kappa shape index (κ3) is 5.52. The first-order chi connectivity index (χ1) is 11.8. The molecule has 0 radical (unpaired) electrons. The van der Waals surface area contributed by atoms with E-state index in [-0.39, 0.29) is 24.0 Å². The molecule has 2 aromatic rings. The maximum absolute atomic E-state index is 4.79. The number of hydrogen-bond donors (Lipinski definition) is 1. The maximum atomic E-state index is 4.79. The van der Waals surface area contributed by atoms with Crippen molar-refractivity contribution in [3.8, 4) is 0 Å². The third-order valence-electron chi connectivity index (χ3n) is 3.95. The first-order valence-electron chi connectivity index (χ1n) is 8.42. The van der Waals surface area contributed by atoms with Crippen molar-refractivity contribution in [2.45, 2.75) is 26.8 Å². The highest BCUT2D eigenvalue weighted by atomic mass is 127. The SMILES string of the molecule is CCNC(=NCc1ccsc1)N1CCN(c2nc(CC)ns2)CC1.I. The van der Waals surface area contributed by atoms with E-state index in [4.69, 9.17) is 4.99 Å². The number of aromatic nitrogens is 2. The van der Waals surface area contributed by atoms with Crippen molar-refractivity contribution in [2.75, 3.05) is 37.6 Å². The zero-order valence-corrected chi connectivity index (χ0v) is 18.6. The van der Waals surface area contributed by atoms with Gasteiger partial charge in [0.2, 0.25) is 5.13 Å². The minimum atomic E-state index is 0. The van der Waals surface area contributed by atoms with Crippen LogP contribution in [0.1, 0.15) is 25.2 Å². The second-order valence-corrected chi connectivity index (χ2v) is 7.13. The van der Waals surface area contributed by atoms with Gasteiger partial charge >= 0.3 is 0 Å². The van der Waals surface area contributed by atoms with Gasteiger partial charge in [-0.1, -0.05) is 6.92 Å². The Balaban J connectivity index is 0.00000225. The molecule has 1 N–H and O–H groups in total. The lowest BCUT2D eigenvalue weighted by molar-refractivity contribution is 0.372. The summed E-state index contributed by atoms with van der Waals surface area (Å²) in [5.41, 5.74) is 1.27. The maximum Gasteiger partial charge on any atom is 0.205 e. The van der Waals surface area contributed by atoms with Crippen LogP contribution in [0.3, 0.4) is 0 Å². The molecule has 0 unspecified atom stereocenters. The van der Waals surface area contributed by atoms with E-state index in [0.29, 0.717) is 0 Å². The standard InChI is InChI=1S/C16H24N6S2.HI/c1-3-14-19-16(24-20-14)22-8-6-21(7-9-22)15(17-4-2)18-11-13-5-10-23-12-13;/h5,10,12H,3-4,6-9,11H2,1-2H3,(H,17,18);1H. The Hall–Kier alpha value is -0.940. The lowest BCUT2D eigenvalue weighted by Crippen LogP contribution is -2.52. The van der Waals surface area contributed by atoms with E-state index in [1.807, 2.05) is 0 Å². The van der Waals surface area contributed by atoms with Gasteiger partial charge in [-0.25, -0.2) is 9.98 Å². The Morgan fingerprint density at radius 2 is 2.08 bits per heavy atom. The molecule has 0 bridgehead atoms. The Morgan fingerprint density at radius 1 is 1.28 bits per heavy atom. The molecule has 138 valence electrons. The quantitative estimate of drug-likeness (QED) is 0.395. The number of rotatable bonds is 5. The number of anilines is 1. The largest absolute Gasteiger partial charge is 0.357 e. The molecule has 1 saturated heterocycles. The highest BCUT2D eigenvalue weighted by molar-refractivity contribution is 14.0. The number of thiophene rings is 1. The number of aryl methyl sites for hydroxylation is 1. The molecule has 1 aliphatic heterocycles. The average molecular weight is 492 g/mol. The van der Waals surface area contributed by atoms with Gasteiger partial charge in [-0.15, -0.1) is 24.0 Å². The molecule has 0 aliphatic carbocycles. The summed E-state index contributed by atoms with van der Waals surface area (Å²) in [6.45, 7) is 9.66. The van der Waals surface area contributed by atoms with Crippen LogP contribution in [0.15, 0.2) is 21.8 Å². The van der Waals surface area contributed by atoms with E-state index < -0.39 is 0 Å². The highest BCUT2D eigenvalue weighted by Gasteiger charge is 2.21. The van der Waals surface area contributed by atoms with Gasteiger partial charge in [0.1, 0.15) is 5.82 Å². The van der Waals surface area contributed by atoms with E-state index in [2.05, 4.69) is 55.1 Å². The number of nitrogens with zero attached hydrogens (tertiary/aromatic N) is 5. The van der Waals surface area contributed by atoms with Crippen LogP contribution in [-0.4, -0.2) is 52.9 Å². The molecule has 1 aliphatic rings. The van der Waals surface area contributed by atoms with E-state index in [0.717, 1.165) is 62.6 Å². The summed E-state index contributed by atoms with van der Waals surface area (Å²) in [5, 5.41) is 8.72. The lowest BCUT2D eigenvalue weighted by Gasteiger charge is -2.36. The van der Waals surface area contributed by atoms with Crippen LogP contribution >= 0.6 is 46.8 Å². The van der Waals surface area contributed by atoms with Gasteiger partial charge in [-0.3, -0.25) is 0 Å². The van der Waals surface area contributed by atoms with Gasteiger partial charge < -0.3 is 15.1 Å². The van der Waals surface area contributed by atoms with Crippen molar-refractivity contribution in [1.82, 2.24) is 19.6 Å². The fourth-order valence-electron chi connectivity index (χ4n) is 2.60. The van der Waals surface area contributed by atoms with Crippen molar-refractivity contribution in [3.63, 3.8) is 0 Å². The minimum absolute atomic E-state index is 0. The zero-order chi connectivity index (χ0) is 16.8. The van der Waals surface area contributed by atoms with Gasteiger partial charge in [0.25, 0.3) is 0 Å². The number of halogens is 1. The second-order valence-electron chi connectivity index (χ2n) is 5.62. The van der Waals surface area contributed by atoms with Crippen molar-refractivity contribution in [1.29, 1.82) is 0 Å². The van der Waals surface area contributed by atoms with Crippen LogP contribution in [-0.2, 0) is 13.0 Å². The predicted molar refractivity (Wildman–Crippen MR) is 118 cm³/mol. The van der Waals surface area contributed by atoms with E-state index >= 15 is 0 Å². The van der Waals surface area contributed by atoms with E-state index in [9.17, 15) is 0 Å². The summed E-state index contributed by atoms with van der Waals surface area (Å²) in [5.74, 6) is 1.96. The molecule has 9 heteroatoms. The van der Waals surface area contributed by atoms with Crippen LogP contribution in [0.2, 0.25) is 0 Å². The first-order valence-corrected chi connectivity index (χ1v) is 10.1. The smallest absolute Gasteiger partial charge is 0.205 e. The van der Waals surface area contributed by atoms with Crippen LogP contribution < -0.4 is 10.2 Å². The first kappa shape index (κ1) is 20.4. The topological polar surface area (TPSA) is 56.7 Å². The summed E-state index contributed by atoms with van der Waals surface area (Å²) in [4.78, 5) is 14.1. The number of guanidine groups is 1. The number of aliphatic imine (C=N–C) groups is 1. The number of hydrogen-bond acceptors (Lipinski definition) is 6. The number of piperazine rings is 1. The van der Waals surface area contributed by atoms with Crippen molar-refractivity contribution in [3.05, 3.63) is 28.2 Å². The van der Waals surface area contributed by atoms with Crippen LogP contribution in [0.4, 0.5) is 5.13 Å². The molecule has 0 amide bonds. The molecule has 2 aromatic heterocycles. The molecule has 0 saturated carbocycles. The fourth-order valence-corrected chi connectivity index (χ4v) is 4.06. The van der Waals surface area contributed by atoms with Crippen LogP contribution in [0.25, 0.3) is 0 Å². The monoisotopic (exact) mass is 492 g/mol. The fraction of sp³-hybridized carbons (Fsp3) is 0.562. The van der Waals surface area contributed by atoms with Gasteiger partial charge in [0, 0.05) is 50.7 Å². The average Bonchev–Trinajstić information content (AvgIpc) is 3.30. The van der Waals surface area contributed by atoms with Gasteiger partial charge in [-0.05, 0) is 29.3 Å². The van der Waals surface area contributed by atoms with Gasteiger partial charge in [0.15, 0.2) is 5.96 Å². The molecule has 0 aromatic carbocycles. The molecular formula is C16H25IN6S2. The number of nitrogens with one attached hydrogen (secondary N) is 1. The summed E-state index contributed by atoms with van der Waals surface area (Å²) in [7, 11) is 0. The normalized spacial score (nSPS) is 15.2. The third-order valence-corrected chi connectivity index (χ3v) is 5.50. The Labute approximate surface area is 174 Å². The molecule has 6 nitrogen and oxygen atoms in total. The summed E-state index contributed by atoms with van der Waals surface area (Å²) in [6.07, 6.45) is 0.899.